The molecular weight excluding hydrogens is 390 g/mol. The molecule has 0 aromatic carbocycles. The van der Waals surface area contributed by atoms with E-state index in [9.17, 15) is 0 Å². The van der Waals surface area contributed by atoms with E-state index in [2.05, 4.69) is 46.6 Å². The van der Waals surface area contributed by atoms with Crippen LogP contribution in [0.2, 0.25) is 0 Å². The number of carbonyl (C=O) groups excluding carboxylic acids is 2. The average Bonchev–Trinajstić information content (AvgIpc) is 3.58. The van der Waals surface area contributed by atoms with Gasteiger partial charge in [0.15, 0.2) is 0 Å². The maximum absolute atomic E-state index is 9.17. The molecule has 1 aliphatic carbocycles. The fourth-order valence-electron chi connectivity index (χ4n) is 4.41. The number of nitriles is 1. The number of nitrogens with zero attached hydrogens (tertiary/aromatic N) is 5. The van der Waals surface area contributed by atoms with Crippen LogP contribution in [-0.4, -0.2) is 73.0 Å². The number of hydrogen-bond donors (Lipinski definition) is 0. The summed E-state index contributed by atoms with van der Waals surface area (Å²) in [6, 6.07) is 2.44. The highest BCUT2D eigenvalue weighted by molar-refractivity contribution is 5.57. The Labute approximate surface area is 187 Å². The molecule has 2 saturated heterocycles. The third-order valence-electron chi connectivity index (χ3n) is 6.02. The number of carbonyl (C=O) groups is 2. The molecule has 0 atom stereocenters. The van der Waals surface area contributed by atoms with Crippen LogP contribution in [0.1, 0.15) is 46.5 Å². The molecule has 3 fully saturated rings. The van der Waals surface area contributed by atoms with Crippen molar-refractivity contribution in [1.82, 2.24) is 14.9 Å². The van der Waals surface area contributed by atoms with Gasteiger partial charge < -0.3 is 14.5 Å². The van der Waals surface area contributed by atoms with E-state index in [1.54, 1.807) is 0 Å². The third kappa shape index (κ3) is 6.46. The number of aliphatic imine (C=N–C) groups is 1. The van der Waals surface area contributed by atoms with Gasteiger partial charge in [0.05, 0.1) is 11.6 Å². The minimum atomic E-state index is 0.241. The first kappa shape index (κ1) is 26.5. The Hall–Kier alpha value is -2.56. The summed E-state index contributed by atoms with van der Waals surface area (Å²) in [4.78, 5) is 23.2. The molecule has 0 aromatic rings. The normalized spacial score (nSPS) is 22.2. The number of piperazine rings is 1. The first-order chi connectivity index (χ1) is 15.0. The van der Waals surface area contributed by atoms with Gasteiger partial charge in [-0.2, -0.15) is 5.26 Å². The molecule has 7 heteroatoms. The molecule has 0 N–H and O–H groups in total. The Balaban J connectivity index is 0.00000113. The van der Waals surface area contributed by atoms with Gasteiger partial charge in [0, 0.05) is 50.4 Å². The molecule has 0 bridgehead atoms. The van der Waals surface area contributed by atoms with Crippen LogP contribution >= 0.6 is 0 Å². The van der Waals surface area contributed by atoms with Crippen molar-refractivity contribution in [3.8, 4) is 6.07 Å². The lowest BCUT2D eigenvalue weighted by Gasteiger charge is -2.49. The molecule has 3 rings (SSSR count). The van der Waals surface area contributed by atoms with Gasteiger partial charge in [-0.15, -0.1) is 0 Å². The lowest BCUT2D eigenvalue weighted by Crippen LogP contribution is -2.62. The predicted molar refractivity (Wildman–Crippen MR) is 125 cm³/mol. The summed E-state index contributed by atoms with van der Waals surface area (Å²) in [7, 11) is 0. The van der Waals surface area contributed by atoms with Gasteiger partial charge in [0.2, 0.25) is 0 Å². The molecular formula is C24H37N5O2. The van der Waals surface area contributed by atoms with E-state index in [0.717, 1.165) is 62.5 Å². The smallest absolute Gasteiger partial charge is 0.135 e. The number of hydrogen-bond acceptors (Lipinski definition) is 7. The third-order valence-corrected chi connectivity index (χ3v) is 6.02. The average molecular weight is 428 g/mol. The lowest BCUT2D eigenvalue weighted by atomic mass is 9.99. The van der Waals surface area contributed by atoms with E-state index in [-0.39, 0.29) is 11.5 Å². The fraction of sp³-hybridized carbons (Fsp3) is 0.583. The monoisotopic (exact) mass is 427 g/mol. The zero-order valence-corrected chi connectivity index (χ0v) is 19.3. The minimum absolute atomic E-state index is 0.241. The molecule has 0 aromatic heterocycles. The Kier molecular flexibility index (Phi) is 11.1. The maximum atomic E-state index is 9.17. The standard InChI is InChI=1S/C22H33N5.2CH2O/c1-5-7-20(18(3)4)21(24-6-2)25-14-15-27(22(17-25)10-11-22)26-12-8-19(16-23)9-13-26;2*1-2/h5-7,19H,3,8-15,17H2,1-2,4H3;2*1H2/b7-5-,21-20+,24-6-;;. The molecule has 0 amide bonds. The largest absolute Gasteiger partial charge is 0.353 e. The Morgan fingerprint density at radius 3 is 2.16 bits per heavy atom. The maximum Gasteiger partial charge on any atom is 0.135 e. The van der Waals surface area contributed by atoms with Gasteiger partial charge in [-0.1, -0.05) is 18.7 Å². The molecule has 170 valence electrons. The van der Waals surface area contributed by atoms with Crippen LogP contribution < -0.4 is 0 Å². The van der Waals surface area contributed by atoms with E-state index in [0.29, 0.717) is 0 Å². The quantitative estimate of drug-likeness (QED) is 0.494. The summed E-state index contributed by atoms with van der Waals surface area (Å²) < 4.78 is 0. The van der Waals surface area contributed by atoms with Gasteiger partial charge in [0.1, 0.15) is 19.4 Å². The summed E-state index contributed by atoms with van der Waals surface area (Å²) in [5.41, 5.74) is 2.44. The van der Waals surface area contributed by atoms with Gasteiger partial charge in [-0.05, 0) is 52.0 Å². The zero-order valence-electron chi connectivity index (χ0n) is 19.3. The summed E-state index contributed by atoms with van der Waals surface area (Å²) >= 11 is 0. The van der Waals surface area contributed by atoms with Gasteiger partial charge >= 0.3 is 0 Å². The van der Waals surface area contributed by atoms with Crippen molar-refractivity contribution in [3.63, 3.8) is 0 Å². The highest BCUT2D eigenvalue weighted by Crippen LogP contribution is 2.46. The summed E-state index contributed by atoms with van der Waals surface area (Å²) in [5.74, 6) is 1.29. The molecule has 1 saturated carbocycles. The number of piperidine rings is 1. The molecule has 0 unspecified atom stereocenters. The van der Waals surface area contributed by atoms with Crippen LogP contribution in [-0.2, 0) is 9.59 Å². The van der Waals surface area contributed by atoms with E-state index in [1.807, 2.05) is 33.6 Å². The van der Waals surface area contributed by atoms with Gasteiger partial charge in [-0.3, -0.25) is 0 Å². The fourth-order valence-corrected chi connectivity index (χ4v) is 4.41. The second kappa shape index (κ2) is 13.0. The second-order valence-corrected chi connectivity index (χ2v) is 8.03. The first-order valence-electron chi connectivity index (χ1n) is 10.8. The Bertz CT molecular complexity index is 723. The molecule has 3 aliphatic rings. The molecule has 2 aliphatic heterocycles. The van der Waals surface area contributed by atoms with Crippen LogP contribution in [0.25, 0.3) is 0 Å². The van der Waals surface area contributed by atoms with E-state index >= 15 is 0 Å². The van der Waals surface area contributed by atoms with Crippen LogP contribution in [0.3, 0.4) is 0 Å². The number of rotatable bonds is 5. The summed E-state index contributed by atoms with van der Waals surface area (Å²) in [5, 5.41) is 14.3. The van der Waals surface area contributed by atoms with Crippen molar-refractivity contribution < 1.29 is 9.59 Å². The number of hydrazine groups is 1. The number of allylic oxidation sites excluding steroid dienone is 4. The second-order valence-electron chi connectivity index (χ2n) is 8.03. The topological polar surface area (TPSA) is 80.0 Å². The molecule has 1 spiro atoms. The van der Waals surface area contributed by atoms with Crippen LogP contribution in [0.4, 0.5) is 0 Å². The van der Waals surface area contributed by atoms with Gasteiger partial charge in [-0.25, -0.2) is 15.0 Å². The van der Waals surface area contributed by atoms with Crippen molar-refractivity contribution >= 4 is 19.8 Å². The molecule has 2 heterocycles. The van der Waals surface area contributed by atoms with Crippen molar-refractivity contribution in [1.29, 1.82) is 5.26 Å². The van der Waals surface area contributed by atoms with Crippen molar-refractivity contribution in [2.45, 2.75) is 52.0 Å². The SMILES string of the molecule is C=C(C)C(/C=C\C)=C(\N=C/C)N1CCN(N2CCC(C#N)CC2)C2(CC2)C1.C=O.C=O. The van der Waals surface area contributed by atoms with E-state index < -0.39 is 0 Å². The molecule has 31 heavy (non-hydrogen) atoms. The van der Waals surface area contributed by atoms with Crippen LogP contribution in [0.15, 0.2) is 40.7 Å². The Morgan fingerprint density at radius 1 is 1.10 bits per heavy atom. The minimum Gasteiger partial charge on any atom is -0.353 e. The molecule has 7 nitrogen and oxygen atoms in total. The first-order valence-corrected chi connectivity index (χ1v) is 10.8. The van der Waals surface area contributed by atoms with E-state index in [4.69, 9.17) is 19.8 Å². The molecule has 0 radical (unpaired) electrons. The highest BCUT2D eigenvalue weighted by Gasteiger charge is 2.53. The summed E-state index contributed by atoms with van der Waals surface area (Å²) in [6.07, 6.45) is 10.6. The van der Waals surface area contributed by atoms with Crippen LogP contribution in [0, 0.1) is 17.2 Å². The van der Waals surface area contributed by atoms with Crippen molar-refractivity contribution in [3.05, 3.63) is 35.7 Å². The zero-order chi connectivity index (χ0) is 23.4. The van der Waals surface area contributed by atoms with Crippen molar-refractivity contribution in [2.75, 3.05) is 32.7 Å². The highest BCUT2D eigenvalue weighted by atomic mass is 16.1. The summed E-state index contributed by atoms with van der Waals surface area (Å²) in [6.45, 7) is 19.3. The van der Waals surface area contributed by atoms with Crippen LogP contribution in [0.5, 0.6) is 0 Å². The van der Waals surface area contributed by atoms with Gasteiger partial charge in [0.25, 0.3) is 0 Å². The van der Waals surface area contributed by atoms with E-state index in [1.165, 1.54) is 12.8 Å². The predicted octanol–water partition coefficient (Wildman–Crippen LogP) is 3.37. The van der Waals surface area contributed by atoms with Crippen molar-refractivity contribution in [2.24, 2.45) is 10.9 Å². The Morgan fingerprint density at radius 2 is 1.71 bits per heavy atom. The lowest BCUT2D eigenvalue weighted by molar-refractivity contribution is -0.115.